The number of guanidine groups is 1. The molecule has 9 atom stereocenters. The predicted molar refractivity (Wildman–Crippen MR) is 236 cm³/mol. The third kappa shape index (κ3) is 23.5. The van der Waals surface area contributed by atoms with Crippen molar-refractivity contribution in [1.82, 2.24) is 42.5 Å². The smallest absolute Gasteiger partial charge is 0.303 e. The second kappa shape index (κ2) is 29.7. The molecule has 0 bridgehead atoms. The van der Waals surface area contributed by atoms with Crippen LogP contribution in [-0.2, 0) is 47.9 Å². The molecule has 358 valence electrons. The molecule has 23 nitrogen and oxygen atoms in total. The largest absolute Gasteiger partial charge is 0.481 e. The van der Waals surface area contributed by atoms with Crippen molar-refractivity contribution in [3.63, 3.8) is 0 Å². The Bertz CT molecular complexity index is 1610. The number of amides is 8. The topological polar surface area (TPSA) is 378 Å². The standard InChI is InChI=1S/C39H70N12O11S/c1-19(2)17-28(37(61)46-24(8)34(58)49-27(12-13-29(53)54)35(59)45-22(6)32(56)47-25(18-52)14-16-63-9)50-38(62)30(20(3)4)51-36(60)26(11-10-15-43-39(41)42)48-33(57)23(7)44-31(55)21(5)40/h18-28,30H,10-17,40H2,1-9H3,(H,44,55)(H,45,59)(H,46,61)(H,47,56)(H,48,57)(H,49,58)(H,50,62)(H,51,60)(H,53,54)(H4,41,42,43)/t21-,22-,23-,24-,25-,26-,27-,28-,30-/m0/s1. The summed E-state index contributed by atoms with van der Waals surface area (Å²) < 4.78 is 0. The minimum absolute atomic E-state index is 0.0283. The average molecular weight is 915 g/mol. The maximum atomic E-state index is 13.8. The molecule has 0 radical (unpaired) electrons. The summed E-state index contributed by atoms with van der Waals surface area (Å²) in [6.07, 6.45) is 2.22. The van der Waals surface area contributed by atoms with E-state index < -0.39 is 120 Å². The summed E-state index contributed by atoms with van der Waals surface area (Å²) in [5.41, 5.74) is 16.4. The highest BCUT2D eigenvalue weighted by atomic mass is 32.2. The Kier molecular flexibility index (Phi) is 27.1. The van der Waals surface area contributed by atoms with Gasteiger partial charge in [-0.15, -0.1) is 0 Å². The van der Waals surface area contributed by atoms with E-state index in [9.17, 15) is 53.1 Å². The quantitative estimate of drug-likeness (QED) is 0.0147. The van der Waals surface area contributed by atoms with Crippen molar-refractivity contribution in [3.05, 3.63) is 0 Å². The number of nitrogens with zero attached hydrogens (tertiary/aromatic N) is 1. The zero-order chi connectivity index (χ0) is 48.6. The SMILES string of the molecule is CSCC[C@@H](C=O)NC(=O)[C@H](C)NC(=O)[C@H](CCC(=O)O)NC(=O)[C@H](C)NC(=O)[C@H](CC(C)C)NC(=O)[C@@H](NC(=O)[C@H](CCCN=C(N)N)NC(=O)[C@H](C)NC(=O)[C@H](C)N)C(C)C. The molecule has 0 unspecified atom stereocenters. The first-order valence-electron chi connectivity index (χ1n) is 20.7. The van der Waals surface area contributed by atoms with Gasteiger partial charge in [0.15, 0.2) is 5.96 Å². The van der Waals surface area contributed by atoms with Gasteiger partial charge in [0, 0.05) is 13.0 Å². The molecule has 0 aromatic rings. The molecule has 0 fully saturated rings. The Morgan fingerprint density at radius 3 is 1.51 bits per heavy atom. The van der Waals surface area contributed by atoms with Crippen LogP contribution in [-0.4, -0.2) is 144 Å². The number of rotatable bonds is 30. The minimum Gasteiger partial charge on any atom is -0.481 e. The van der Waals surface area contributed by atoms with Crippen LogP contribution >= 0.6 is 11.8 Å². The van der Waals surface area contributed by atoms with Crippen molar-refractivity contribution in [2.75, 3.05) is 18.6 Å². The van der Waals surface area contributed by atoms with Gasteiger partial charge in [0.2, 0.25) is 47.3 Å². The van der Waals surface area contributed by atoms with Crippen LogP contribution < -0.4 is 59.7 Å². The molecule has 24 heteroatoms. The summed E-state index contributed by atoms with van der Waals surface area (Å²) in [5, 5.41) is 29.4. The molecule has 8 amide bonds. The van der Waals surface area contributed by atoms with Crippen LogP contribution in [0.15, 0.2) is 4.99 Å². The second-order valence-electron chi connectivity index (χ2n) is 15.9. The maximum absolute atomic E-state index is 13.8. The maximum Gasteiger partial charge on any atom is 0.303 e. The number of carbonyl (C=O) groups is 10. The summed E-state index contributed by atoms with van der Waals surface area (Å²) in [7, 11) is 0. The Morgan fingerprint density at radius 2 is 1.06 bits per heavy atom. The van der Waals surface area contributed by atoms with E-state index in [1.54, 1.807) is 27.7 Å². The molecule has 0 saturated carbocycles. The lowest BCUT2D eigenvalue weighted by atomic mass is 9.99. The van der Waals surface area contributed by atoms with E-state index in [2.05, 4.69) is 47.5 Å². The van der Waals surface area contributed by atoms with Crippen LogP contribution in [0.2, 0.25) is 0 Å². The Balaban J connectivity index is 6.08. The number of thioether (sulfide) groups is 1. The molecule has 0 aliphatic rings. The van der Waals surface area contributed by atoms with Crippen molar-refractivity contribution in [1.29, 1.82) is 0 Å². The number of carbonyl (C=O) groups excluding carboxylic acids is 9. The van der Waals surface area contributed by atoms with Crippen molar-refractivity contribution in [3.8, 4) is 0 Å². The molecule has 63 heavy (non-hydrogen) atoms. The van der Waals surface area contributed by atoms with Gasteiger partial charge >= 0.3 is 5.97 Å². The molecule has 0 spiro atoms. The van der Waals surface area contributed by atoms with Crippen LogP contribution in [0.25, 0.3) is 0 Å². The van der Waals surface area contributed by atoms with E-state index in [0.29, 0.717) is 18.5 Å². The van der Waals surface area contributed by atoms with Crippen molar-refractivity contribution in [2.24, 2.45) is 34.0 Å². The molecular weight excluding hydrogens is 845 g/mol. The van der Waals surface area contributed by atoms with E-state index in [1.807, 2.05) is 6.26 Å². The van der Waals surface area contributed by atoms with Crippen molar-refractivity contribution < 1.29 is 53.1 Å². The van der Waals surface area contributed by atoms with E-state index >= 15 is 0 Å². The lowest BCUT2D eigenvalue weighted by Crippen LogP contribution is -2.60. The van der Waals surface area contributed by atoms with Crippen LogP contribution in [0.5, 0.6) is 0 Å². The number of aldehydes is 1. The predicted octanol–water partition coefficient (Wildman–Crippen LogP) is -3.16. The van der Waals surface area contributed by atoms with Crippen LogP contribution in [0, 0.1) is 11.8 Å². The Morgan fingerprint density at radius 1 is 0.603 bits per heavy atom. The minimum atomic E-state index is -1.44. The zero-order valence-electron chi connectivity index (χ0n) is 37.7. The number of carboxylic acids is 1. The van der Waals surface area contributed by atoms with Gasteiger partial charge in [0.25, 0.3) is 0 Å². The lowest BCUT2D eigenvalue weighted by molar-refractivity contribution is -0.138. The van der Waals surface area contributed by atoms with Gasteiger partial charge in [-0.3, -0.25) is 48.1 Å². The van der Waals surface area contributed by atoms with E-state index in [4.69, 9.17) is 17.2 Å². The summed E-state index contributed by atoms with van der Waals surface area (Å²) in [6.45, 7) is 12.5. The first-order valence-corrected chi connectivity index (χ1v) is 22.1. The number of aliphatic carboxylic acids is 1. The third-order valence-corrected chi connectivity index (χ3v) is 9.88. The molecule has 0 aromatic heterocycles. The van der Waals surface area contributed by atoms with E-state index in [1.165, 1.54) is 39.5 Å². The Hall–Kier alpha value is -5.52. The second-order valence-corrected chi connectivity index (χ2v) is 16.9. The lowest BCUT2D eigenvalue weighted by Gasteiger charge is -2.29. The van der Waals surface area contributed by atoms with Gasteiger partial charge in [-0.2, -0.15) is 11.8 Å². The van der Waals surface area contributed by atoms with Crippen LogP contribution in [0.4, 0.5) is 0 Å². The normalized spacial score (nSPS) is 15.3. The number of aliphatic imine (C=N–C) groups is 1. The van der Waals surface area contributed by atoms with E-state index in [0.717, 1.165) is 0 Å². The molecular formula is C39H70N12O11S. The monoisotopic (exact) mass is 915 g/mol. The number of hydrogen-bond donors (Lipinski definition) is 12. The zero-order valence-corrected chi connectivity index (χ0v) is 38.5. The number of nitrogens with one attached hydrogen (secondary N) is 8. The fraction of sp³-hybridized carbons (Fsp3) is 0.718. The Labute approximate surface area is 372 Å². The van der Waals surface area contributed by atoms with Gasteiger partial charge in [-0.05, 0) is 83.6 Å². The van der Waals surface area contributed by atoms with Gasteiger partial charge in [-0.25, -0.2) is 0 Å². The summed E-state index contributed by atoms with van der Waals surface area (Å²) in [5.74, 6) is -7.61. The fourth-order valence-electron chi connectivity index (χ4n) is 5.55. The van der Waals surface area contributed by atoms with Crippen molar-refractivity contribution in [2.45, 2.75) is 148 Å². The van der Waals surface area contributed by atoms with Crippen LogP contribution in [0.3, 0.4) is 0 Å². The first kappa shape index (κ1) is 57.5. The molecule has 0 rings (SSSR count). The van der Waals surface area contributed by atoms with E-state index in [-0.39, 0.29) is 44.1 Å². The number of hydrogen-bond acceptors (Lipinski definition) is 13. The molecule has 0 heterocycles. The summed E-state index contributed by atoms with van der Waals surface area (Å²) in [4.78, 5) is 132. The van der Waals surface area contributed by atoms with Gasteiger partial charge in [0.05, 0.1) is 12.1 Å². The first-order chi connectivity index (χ1) is 29.3. The summed E-state index contributed by atoms with van der Waals surface area (Å²) >= 11 is 1.48. The molecule has 15 N–H and O–H groups in total. The molecule has 0 saturated heterocycles. The number of carboxylic acid groups (broad SMARTS) is 1. The third-order valence-electron chi connectivity index (χ3n) is 9.24. The number of nitrogens with two attached hydrogens (primary N) is 3. The molecule has 0 aliphatic carbocycles. The fourth-order valence-corrected chi connectivity index (χ4v) is 6.04. The highest BCUT2D eigenvalue weighted by Gasteiger charge is 2.34. The van der Waals surface area contributed by atoms with Gasteiger partial charge in [-0.1, -0.05) is 27.7 Å². The highest BCUT2D eigenvalue weighted by molar-refractivity contribution is 7.98. The molecule has 0 aliphatic heterocycles. The van der Waals surface area contributed by atoms with Gasteiger partial charge < -0.3 is 69.6 Å². The van der Waals surface area contributed by atoms with Crippen LogP contribution in [0.1, 0.15) is 93.9 Å². The summed E-state index contributed by atoms with van der Waals surface area (Å²) in [6, 6.07) is -10.4. The van der Waals surface area contributed by atoms with Crippen molar-refractivity contribution >= 4 is 77.2 Å². The highest BCUT2D eigenvalue weighted by Crippen LogP contribution is 2.10. The van der Waals surface area contributed by atoms with Gasteiger partial charge in [0.1, 0.15) is 48.6 Å². The molecule has 0 aromatic carbocycles. The average Bonchev–Trinajstić information content (AvgIpc) is 3.19.